The monoisotopic (exact) mass is 404 g/mol. The lowest BCUT2D eigenvalue weighted by Gasteiger charge is -2.22. The number of aliphatic imine (C=N–C) groups is 1. The SMILES string of the molecule is CN=C(NCc1ccnc(OCC(F)(F)F)c1)N1CCC(COCCOC)C1. The maximum Gasteiger partial charge on any atom is 0.422 e. The van der Waals surface area contributed by atoms with E-state index in [-0.39, 0.29) is 5.88 Å². The van der Waals surface area contributed by atoms with Gasteiger partial charge in [-0.3, -0.25) is 4.99 Å². The molecular formula is C18H27F3N4O3. The van der Waals surface area contributed by atoms with E-state index in [4.69, 9.17) is 9.47 Å². The molecule has 1 aliphatic heterocycles. The molecule has 1 saturated heterocycles. The number of likely N-dealkylation sites (tertiary alicyclic amines) is 1. The van der Waals surface area contributed by atoms with Crippen molar-refractivity contribution in [2.75, 3.05) is 53.7 Å². The van der Waals surface area contributed by atoms with Crippen molar-refractivity contribution in [1.29, 1.82) is 0 Å². The second kappa shape index (κ2) is 11.1. The summed E-state index contributed by atoms with van der Waals surface area (Å²) in [5.41, 5.74) is 0.756. The molecule has 0 aromatic carbocycles. The van der Waals surface area contributed by atoms with E-state index in [2.05, 4.69) is 24.9 Å². The van der Waals surface area contributed by atoms with Crippen molar-refractivity contribution >= 4 is 5.96 Å². The van der Waals surface area contributed by atoms with Gasteiger partial charge in [0.25, 0.3) is 0 Å². The molecule has 0 spiro atoms. The summed E-state index contributed by atoms with van der Waals surface area (Å²) in [6.45, 7) is 2.60. The molecular weight excluding hydrogens is 377 g/mol. The number of halogens is 3. The molecule has 1 N–H and O–H groups in total. The Morgan fingerprint density at radius 1 is 1.39 bits per heavy atom. The second-order valence-corrected chi connectivity index (χ2v) is 6.48. The van der Waals surface area contributed by atoms with Gasteiger partial charge in [0, 0.05) is 52.0 Å². The second-order valence-electron chi connectivity index (χ2n) is 6.48. The van der Waals surface area contributed by atoms with Crippen LogP contribution in [0.15, 0.2) is 23.3 Å². The molecule has 1 fully saturated rings. The smallest absolute Gasteiger partial charge is 0.422 e. The number of guanidine groups is 1. The summed E-state index contributed by atoms with van der Waals surface area (Å²) in [6.07, 6.45) is -1.95. The molecule has 0 amide bonds. The lowest BCUT2D eigenvalue weighted by atomic mass is 10.1. The maximum atomic E-state index is 12.3. The lowest BCUT2D eigenvalue weighted by Crippen LogP contribution is -2.39. The zero-order valence-corrected chi connectivity index (χ0v) is 16.2. The Balaban J connectivity index is 1.79. The number of nitrogens with zero attached hydrogens (tertiary/aromatic N) is 3. The fourth-order valence-corrected chi connectivity index (χ4v) is 2.86. The van der Waals surface area contributed by atoms with Gasteiger partial charge in [-0.2, -0.15) is 13.2 Å². The van der Waals surface area contributed by atoms with E-state index >= 15 is 0 Å². The molecule has 2 heterocycles. The lowest BCUT2D eigenvalue weighted by molar-refractivity contribution is -0.154. The molecule has 0 bridgehead atoms. The molecule has 0 saturated carbocycles. The van der Waals surface area contributed by atoms with Gasteiger partial charge in [-0.15, -0.1) is 0 Å². The van der Waals surface area contributed by atoms with Crippen molar-refractivity contribution in [3.05, 3.63) is 23.9 Å². The molecule has 1 aromatic heterocycles. The topological polar surface area (TPSA) is 68.2 Å². The Bertz CT molecular complexity index is 628. The van der Waals surface area contributed by atoms with Crippen molar-refractivity contribution in [1.82, 2.24) is 15.2 Å². The van der Waals surface area contributed by atoms with E-state index in [1.165, 1.54) is 12.3 Å². The third kappa shape index (κ3) is 7.89. The Kier molecular flexibility index (Phi) is 8.78. The number of pyridine rings is 1. The Morgan fingerprint density at radius 3 is 2.93 bits per heavy atom. The van der Waals surface area contributed by atoms with Crippen LogP contribution in [0.1, 0.15) is 12.0 Å². The Hall–Kier alpha value is -2.07. The summed E-state index contributed by atoms with van der Waals surface area (Å²) in [5, 5.41) is 3.23. The summed E-state index contributed by atoms with van der Waals surface area (Å²) in [5.74, 6) is 1.12. The van der Waals surface area contributed by atoms with Gasteiger partial charge in [0.1, 0.15) is 0 Å². The minimum atomic E-state index is -4.39. The molecule has 1 aliphatic rings. The van der Waals surface area contributed by atoms with Crippen LogP contribution in [0.5, 0.6) is 5.88 Å². The van der Waals surface area contributed by atoms with Crippen molar-refractivity contribution in [2.24, 2.45) is 10.9 Å². The number of hydrogen-bond acceptors (Lipinski definition) is 5. The van der Waals surface area contributed by atoms with E-state index in [9.17, 15) is 13.2 Å². The van der Waals surface area contributed by atoms with Crippen LogP contribution in [0.25, 0.3) is 0 Å². The van der Waals surface area contributed by atoms with Crippen molar-refractivity contribution in [2.45, 2.75) is 19.1 Å². The first-order valence-electron chi connectivity index (χ1n) is 9.08. The number of methoxy groups -OCH3 is 1. The van der Waals surface area contributed by atoms with Gasteiger partial charge >= 0.3 is 6.18 Å². The average molecular weight is 404 g/mol. The van der Waals surface area contributed by atoms with Gasteiger partial charge in [-0.25, -0.2) is 4.98 Å². The highest BCUT2D eigenvalue weighted by Gasteiger charge is 2.28. The Labute approximate surface area is 162 Å². The predicted molar refractivity (Wildman–Crippen MR) is 98.4 cm³/mol. The zero-order valence-electron chi connectivity index (χ0n) is 16.2. The average Bonchev–Trinajstić information content (AvgIpc) is 3.13. The number of rotatable bonds is 9. The fourth-order valence-electron chi connectivity index (χ4n) is 2.86. The highest BCUT2D eigenvalue weighted by molar-refractivity contribution is 5.80. The third-order valence-corrected chi connectivity index (χ3v) is 4.22. The van der Waals surface area contributed by atoms with E-state index < -0.39 is 12.8 Å². The first-order valence-corrected chi connectivity index (χ1v) is 9.08. The standard InChI is InChI=1S/C18H27F3N4O3/c1-22-17(25-6-4-15(11-25)12-27-8-7-26-2)24-10-14-3-5-23-16(9-14)28-13-18(19,20)21/h3,5,9,15H,4,6-8,10-13H2,1-2H3,(H,22,24). The van der Waals surface area contributed by atoms with Crippen LogP contribution in [-0.2, 0) is 16.0 Å². The van der Waals surface area contributed by atoms with Crippen LogP contribution < -0.4 is 10.1 Å². The molecule has 1 atom stereocenters. The van der Waals surface area contributed by atoms with Crippen LogP contribution in [0, 0.1) is 5.92 Å². The summed E-state index contributed by atoms with van der Waals surface area (Å²) in [6, 6.07) is 3.21. The van der Waals surface area contributed by atoms with E-state index in [0.717, 1.165) is 31.0 Å². The van der Waals surface area contributed by atoms with Gasteiger partial charge in [-0.1, -0.05) is 0 Å². The number of hydrogen-bond donors (Lipinski definition) is 1. The summed E-state index contributed by atoms with van der Waals surface area (Å²) in [4.78, 5) is 10.2. The third-order valence-electron chi connectivity index (χ3n) is 4.22. The first-order chi connectivity index (χ1) is 13.4. The van der Waals surface area contributed by atoms with Gasteiger partial charge in [0.15, 0.2) is 12.6 Å². The molecule has 2 rings (SSSR count). The first kappa shape index (κ1) is 22.2. The number of aromatic nitrogens is 1. The van der Waals surface area contributed by atoms with Crippen LogP contribution in [0.4, 0.5) is 13.2 Å². The molecule has 158 valence electrons. The minimum absolute atomic E-state index is 0.0546. The van der Waals surface area contributed by atoms with Gasteiger partial charge in [0.05, 0.1) is 19.8 Å². The maximum absolute atomic E-state index is 12.3. The number of nitrogens with one attached hydrogen (secondary N) is 1. The van der Waals surface area contributed by atoms with E-state index in [1.807, 2.05) is 0 Å². The summed E-state index contributed by atoms with van der Waals surface area (Å²) < 4.78 is 52.0. The minimum Gasteiger partial charge on any atom is -0.468 e. The molecule has 7 nitrogen and oxygen atoms in total. The quantitative estimate of drug-likeness (QED) is 0.386. The van der Waals surface area contributed by atoms with Gasteiger partial charge in [-0.05, 0) is 18.1 Å². The van der Waals surface area contributed by atoms with Crippen LogP contribution in [-0.4, -0.2) is 75.7 Å². The predicted octanol–water partition coefficient (Wildman–Crippen LogP) is 2.08. The normalized spacial score (nSPS) is 17.8. The van der Waals surface area contributed by atoms with Crippen LogP contribution in [0.2, 0.25) is 0 Å². The van der Waals surface area contributed by atoms with Crippen LogP contribution in [0.3, 0.4) is 0 Å². The highest BCUT2D eigenvalue weighted by Crippen LogP contribution is 2.18. The molecule has 28 heavy (non-hydrogen) atoms. The largest absolute Gasteiger partial charge is 0.468 e. The molecule has 0 radical (unpaired) electrons. The van der Waals surface area contributed by atoms with Crippen molar-refractivity contribution in [3.8, 4) is 5.88 Å². The van der Waals surface area contributed by atoms with E-state index in [1.54, 1.807) is 20.2 Å². The molecule has 0 aliphatic carbocycles. The fraction of sp³-hybridized carbons (Fsp3) is 0.667. The van der Waals surface area contributed by atoms with Gasteiger partial charge < -0.3 is 24.4 Å². The zero-order chi connectivity index (χ0) is 20.4. The number of ether oxygens (including phenoxy) is 3. The molecule has 10 heteroatoms. The van der Waals surface area contributed by atoms with Crippen LogP contribution >= 0.6 is 0 Å². The van der Waals surface area contributed by atoms with Gasteiger partial charge in [0.2, 0.25) is 5.88 Å². The van der Waals surface area contributed by atoms with Crippen molar-refractivity contribution < 1.29 is 27.4 Å². The summed E-state index contributed by atoms with van der Waals surface area (Å²) >= 11 is 0. The summed E-state index contributed by atoms with van der Waals surface area (Å²) in [7, 11) is 3.35. The van der Waals surface area contributed by atoms with E-state index in [0.29, 0.717) is 32.3 Å². The highest BCUT2D eigenvalue weighted by atomic mass is 19.4. The molecule has 1 aromatic rings. The number of alkyl halides is 3. The van der Waals surface area contributed by atoms with Crippen molar-refractivity contribution in [3.63, 3.8) is 0 Å². The molecule has 1 unspecified atom stereocenters. The Morgan fingerprint density at radius 2 is 2.21 bits per heavy atom.